The predicted octanol–water partition coefficient (Wildman–Crippen LogP) is 2.24. The van der Waals surface area contributed by atoms with Gasteiger partial charge >= 0.3 is 0 Å². The maximum Gasteiger partial charge on any atom is 0.162 e. The van der Waals surface area contributed by atoms with Crippen LogP contribution >= 0.6 is 11.6 Å². The zero-order chi connectivity index (χ0) is 10.6. The van der Waals surface area contributed by atoms with Crippen molar-refractivity contribution in [1.29, 1.82) is 0 Å². The zero-order valence-electron chi connectivity index (χ0n) is 7.72. The standard InChI is InChI=1S/C10H10ClFO2/c1-14-6-7(13)5-8-9(11)3-2-4-10(8)12/h2-4H,5-6H2,1H3. The summed E-state index contributed by atoms with van der Waals surface area (Å²) in [6.45, 7) is -0.0232. The molecule has 0 bridgehead atoms. The largest absolute Gasteiger partial charge is 0.377 e. The van der Waals surface area contributed by atoms with Crippen molar-refractivity contribution >= 4 is 17.4 Å². The van der Waals surface area contributed by atoms with Crippen LogP contribution in [0.1, 0.15) is 5.56 Å². The van der Waals surface area contributed by atoms with E-state index in [4.69, 9.17) is 11.6 Å². The van der Waals surface area contributed by atoms with Crippen LogP contribution in [-0.4, -0.2) is 19.5 Å². The average molecular weight is 217 g/mol. The van der Waals surface area contributed by atoms with E-state index in [0.717, 1.165) is 0 Å². The molecule has 0 amide bonds. The number of rotatable bonds is 4. The van der Waals surface area contributed by atoms with E-state index in [1.807, 2.05) is 0 Å². The molecule has 0 aliphatic rings. The highest BCUT2D eigenvalue weighted by Gasteiger charge is 2.11. The Morgan fingerprint density at radius 2 is 2.29 bits per heavy atom. The van der Waals surface area contributed by atoms with E-state index in [9.17, 15) is 9.18 Å². The number of hydrogen-bond acceptors (Lipinski definition) is 2. The number of halogens is 2. The number of carbonyl (C=O) groups excluding carboxylic acids is 1. The number of benzene rings is 1. The zero-order valence-corrected chi connectivity index (χ0v) is 8.47. The van der Waals surface area contributed by atoms with Gasteiger partial charge in [-0.05, 0) is 12.1 Å². The summed E-state index contributed by atoms with van der Waals surface area (Å²) in [6.07, 6.45) is -0.0284. The molecule has 0 unspecified atom stereocenters. The molecule has 0 heterocycles. The lowest BCUT2D eigenvalue weighted by Gasteiger charge is -2.04. The Kier molecular flexibility index (Phi) is 4.04. The lowest BCUT2D eigenvalue weighted by atomic mass is 10.1. The minimum atomic E-state index is -0.457. The van der Waals surface area contributed by atoms with Crippen molar-refractivity contribution in [2.45, 2.75) is 6.42 Å². The van der Waals surface area contributed by atoms with Crippen LogP contribution in [0.2, 0.25) is 5.02 Å². The summed E-state index contributed by atoms with van der Waals surface area (Å²) in [5.41, 5.74) is 0.233. The summed E-state index contributed by atoms with van der Waals surface area (Å²) in [5.74, 6) is -0.651. The van der Waals surface area contributed by atoms with Crippen molar-refractivity contribution in [1.82, 2.24) is 0 Å². The third kappa shape index (κ3) is 2.79. The van der Waals surface area contributed by atoms with E-state index in [-0.39, 0.29) is 29.4 Å². The molecule has 0 aromatic heterocycles. The highest BCUT2D eigenvalue weighted by atomic mass is 35.5. The molecule has 0 radical (unpaired) electrons. The predicted molar refractivity (Wildman–Crippen MR) is 52.0 cm³/mol. The fraction of sp³-hybridized carbons (Fsp3) is 0.300. The Balaban J connectivity index is 2.80. The summed E-state index contributed by atoms with van der Waals surface area (Å²) in [7, 11) is 1.42. The van der Waals surface area contributed by atoms with Gasteiger partial charge in [0.2, 0.25) is 0 Å². The van der Waals surface area contributed by atoms with Gasteiger partial charge in [0, 0.05) is 24.1 Å². The van der Waals surface area contributed by atoms with Crippen molar-refractivity contribution in [3.05, 3.63) is 34.6 Å². The first kappa shape index (κ1) is 11.1. The molecule has 0 aliphatic heterocycles. The number of ketones is 1. The van der Waals surface area contributed by atoms with Crippen LogP contribution in [0.3, 0.4) is 0 Å². The summed E-state index contributed by atoms with van der Waals surface area (Å²) in [5, 5.41) is 0.273. The van der Waals surface area contributed by atoms with Crippen LogP contribution in [0.5, 0.6) is 0 Å². The van der Waals surface area contributed by atoms with Crippen LogP contribution in [-0.2, 0) is 16.0 Å². The highest BCUT2D eigenvalue weighted by molar-refractivity contribution is 6.31. The monoisotopic (exact) mass is 216 g/mol. The molecule has 1 aromatic carbocycles. The fourth-order valence-corrected chi connectivity index (χ4v) is 1.34. The quantitative estimate of drug-likeness (QED) is 0.772. The topological polar surface area (TPSA) is 26.3 Å². The van der Waals surface area contributed by atoms with Gasteiger partial charge in [-0.1, -0.05) is 17.7 Å². The molecule has 0 saturated heterocycles. The van der Waals surface area contributed by atoms with E-state index in [1.54, 1.807) is 6.07 Å². The van der Waals surface area contributed by atoms with Gasteiger partial charge in [-0.15, -0.1) is 0 Å². The Bertz CT molecular complexity index is 319. The van der Waals surface area contributed by atoms with E-state index < -0.39 is 5.82 Å². The summed E-state index contributed by atoms with van der Waals surface area (Å²) in [6, 6.07) is 4.34. The van der Waals surface area contributed by atoms with Gasteiger partial charge in [0.25, 0.3) is 0 Å². The molecular formula is C10H10ClFO2. The van der Waals surface area contributed by atoms with Gasteiger partial charge in [0.05, 0.1) is 0 Å². The third-order valence-corrected chi connectivity index (χ3v) is 2.10. The fourth-order valence-electron chi connectivity index (χ4n) is 1.11. The Morgan fingerprint density at radius 3 is 2.86 bits per heavy atom. The van der Waals surface area contributed by atoms with Crippen molar-refractivity contribution in [3.63, 3.8) is 0 Å². The Hall–Kier alpha value is -0.930. The molecule has 0 atom stereocenters. The number of methoxy groups -OCH3 is 1. The van der Waals surface area contributed by atoms with Gasteiger partial charge in [0.1, 0.15) is 12.4 Å². The lowest BCUT2D eigenvalue weighted by Crippen LogP contribution is -2.11. The normalized spacial score (nSPS) is 10.2. The van der Waals surface area contributed by atoms with Crippen LogP contribution in [0.15, 0.2) is 18.2 Å². The minimum Gasteiger partial charge on any atom is -0.377 e. The maximum absolute atomic E-state index is 13.2. The van der Waals surface area contributed by atoms with Gasteiger partial charge in [-0.3, -0.25) is 4.79 Å². The molecule has 0 fully saturated rings. The van der Waals surface area contributed by atoms with Gasteiger partial charge in [-0.25, -0.2) is 4.39 Å². The lowest BCUT2D eigenvalue weighted by molar-refractivity contribution is -0.122. The number of ether oxygens (including phenoxy) is 1. The SMILES string of the molecule is COCC(=O)Cc1c(F)cccc1Cl. The number of hydrogen-bond donors (Lipinski definition) is 0. The van der Waals surface area contributed by atoms with Gasteiger partial charge in [0.15, 0.2) is 5.78 Å². The molecule has 0 saturated carbocycles. The molecule has 1 aromatic rings. The first-order chi connectivity index (χ1) is 6.65. The van der Waals surface area contributed by atoms with E-state index >= 15 is 0 Å². The van der Waals surface area contributed by atoms with Crippen molar-refractivity contribution in [2.75, 3.05) is 13.7 Å². The van der Waals surface area contributed by atoms with Crippen LogP contribution in [0, 0.1) is 5.82 Å². The van der Waals surface area contributed by atoms with Gasteiger partial charge < -0.3 is 4.74 Å². The number of carbonyl (C=O) groups is 1. The molecule has 0 spiro atoms. The summed E-state index contributed by atoms with van der Waals surface area (Å²) in [4.78, 5) is 11.2. The molecule has 0 N–H and O–H groups in total. The first-order valence-electron chi connectivity index (χ1n) is 4.08. The second kappa shape index (κ2) is 5.08. The molecule has 0 aliphatic carbocycles. The van der Waals surface area contributed by atoms with Crippen LogP contribution < -0.4 is 0 Å². The molecule has 4 heteroatoms. The molecule has 1 rings (SSSR count). The molecule has 2 nitrogen and oxygen atoms in total. The summed E-state index contributed by atoms with van der Waals surface area (Å²) >= 11 is 5.74. The third-order valence-electron chi connectivity index (χ3n) is 1.74. The molecule has 14 heavy (non-hydrogen) atoms. The van der Waals surface area contributed by atoms with E-state index in [2.05, 4.69) is 4.74 Å². The smallest absolute Gasteiger partial charge is 0.162 e. The van der Waals surface area contributed by atoms with Crippen molar-refractivity contribution in [3.8, 4) is 0 Å². The average Bonchev–Trinajstić information content (AvgIpc) is 2.12. The Morgan fingerprint density at radius 1 is 1.57 bits per heavy atom. The van der Waals surface area contributed by atoms with E-state index in [0.29, 0.717) is 0 Å². The van der Waals surface area contributed by atoms with Crippen LogP contribution in [0.25, 0.3) is 0 Å². The van der Waals surface area contributed by atoms with Gasteiger partial charge in [-0.2, -0.15) is 0 Å². The Labute approximate surface area is 86.6 Å². The maximum atomic E-state index is 13.2. The first-order valence-corrected chi connectivity index (χ1v) is 4.46. The molecular weight excluding hydrogens is 207 g/mol. The van der Waals surface area contributed by atoms with E-state index in [1.165, 1.54) is 19.2 Å². The van der Waals surface area contributed by atoms with Crippen molar-refractivity contribution < 1.29 is 13.9 Å². The number of Topliss-reactive ketones (excluding diaryl/α,β-unsaturated/α-hetero) is 1. The molecule has 76 valence electrons. The van der Waals surface area contributed by atoms with Crippen molar-refractivity contribution in [2.24, 2.45) is 0 Å². The highest BCUT2D eigenvalue weighted by Crippen LogP contribution is 2.19. The minimum absolute atomic E-state index is 0.0232. The summed E-state index contributed by atoms with van der Waals surface area (Å²) < 4.78 is 17.8. The second-order valence-corrected chi connectivity index (χ2v) is 3.26. The van der Waals surface area contributed by atoms with Crippen LogP contribution in [0.4, 0.5) is 4.39 Å². The second-order valence-electron chi connectivity index (χ2n) is 2.85.